The first-order valence-electron chi connectivity index (χ1n) is 7.86. The van der Waals surface area contributed by atoms with Gasteiger partial charge >= 0.3 is 0 Å². The second kappa shape index (κ2) is 6.13. The van der Waals surface area contributed by atoms with Crippen LogP contribution in [0, 0.1) is 5.92 Å². The first kappa shape index (κ1) is 15.0. The summed E-state index contributed by atoms with van der Waals surface area (Å²) in [5.74, 6) is 0.215. The summed E-state index contributed by atoms with van der Waals surface area (Å²) in [6.45, 7) is 0. The Morgan fingerprint density at radius 2 is 1.96 bits per heavy atom. The monoisotopic (exact) mass is 337 g/mol. The van der Waals surface area contributed by atoms with E-state index in [1.807, 2.05) is 59.3 Å². The van der Waals surface area contributed by atoms with Gasteiger partial charge in [0, 0.05) is 23.3 Å². The summed E-state index contributed by atoms with van der Waals surface area (Å²) in [6, 6.07) is 15.4. The van der Waals surface area contributed by atoms with E-state index in [4.69, 9.17) is 11.6 Å². The number of imidazole rings is 1. The maximum atomic E-state index is 12.6. The molecule has 0 saturated heterocycles. The SMILES string of the molecule is O=C(Nc1ccccc1-n1ccnc1)C1CC1c1ccccc1Cl. The molecule has 1 amide bonds. The molecule has 1 fully saturated rings. The molecule has 1 aromatic heterocycles. The molecule has 1 aliphatic carbocycles. The molecular formula is C19H16ClN3O. The summed E-state index contributed by atoms with van der Waals surface area (Å²) in [7, 11) is 0. The maximum Gasteiger partial charge on any atom is 0.228 e. The molecule has 24 heavy (non-hydrogen) atoms. The topological polar surface area (TPSA) is 46.9 Å². The number of halogens is 1. The van der Waals surface area contributed by atoms with E-state index < -0.39 is 0 Å². The van der Waals surface area contributed by atoms with E-state index in [0.29, 0.717) is 0 Å². The number of nitrogens with one attached hydrogen (secondary N) is 1. The molecule has 0 aliphatic heterocycles. The minimum Gasteiger partial charge on any atom is -0.324 e. The third kappa shape index (κ3) is 2.81. The van der Waals surface area contributed by atoms with Gasteiger partial charge in [0.1, 0.15) is 0 Å². The number of hydrogen-bond acceptors (Lipinski definition) is 2. The lowest BCUT2D eigenvalue weighted by Gasteiger charge is -2.11. The maximum absolute atomic E-state index is 12.6. The molecule has 1 heterocycles. The van der Waals surface area contributed by atoms with Crippen LogP contribution in [0.5, 0.6) is 0 Å². The van der Waals surface area contributed by atoms with Crippen molar-refractivity contribution in [2.75, 3.05) is 5.32 Å². The average molecular weight is 338 g/mol. The van der Waals surface area contributed by atoms with Crippen molar-refractivity contribution in [3.63, 3.8) is 0 Å². The molecule has 1 N–H and O–H groups in total. The molecule has 2 atom stereocenters. The highest BCUT2D eigenvalue weighted by molar-refractivity contribution is 6.31. The summed E-state index contributed by atoms with van der Waals surface area (Å²) in [5, 5.41) is 3.78. The third-order valence-electron chi connectivity index (χ3n) is 4.38. The standard InChI is InChI=1S/C19H16ClN3O/c20-16-6-2-1-5-13(16)14-11-15(14)19(24)22-17-7-3-4-8-18(17)23-10-9-21-12-23/h1-10,12,14-15H,11H2,(H,22,24). The number of nitrogens with zero attached hydrogens (tertiary/aromatic N) is 2. The highest BCUT2D eigenvalue weighted by Crippen LogP contribution is 2.50. The first-order chi connectivity index (χ1) is 11.7. The van der Waals surface area contributed by atoms with E-state index in [9.17, 15) is 4.79 Å². The van der Waals surface area contributed by atoms with E-state index in [2.05, 4.69) is 10.3 Å². The minimum atomic E-state index is -0.0271. The minimum absolute atomic E-state index is 0.0271. The van der Waals surface area contributed by atoms with Crippen molar-refractivity contribution in [2.24, 2.45) is 5.92 Å². The van der Waals surface area contributed by atoms with Gasteiger partial charge in [0.05, 0.1) is 17.7 Å². The molecule has 4 nitrogen and oxygen atoms in total. The predicted octanol–water partition coefficient (Wildman–Crippen LogP) is 4.27. The van der Waals surface area contributed by atoms with Crippen molar-refractivity contribution in [3.8, 4) is 5.69 Å². The van der Waals surface area contributed by atoms with E-state index in [1.54, 1.807) is 12.5 Å². The molecule has 1 saturated carbocycles. The lowest BCUT2D eigenvalue weighted by atomic mass is 10.1. The van der Waals surface area contributed by atoms with Crippen LogP contribution in [0.2, 0.25) is 5.02 Å². The first-order valence-corrected chi connectivity index (χ1v) is 8.24. The fraction of sp³-hybridized carbons (Fsp3) is 0.158. The summed E-state index contributed by atoms with van der Waals surface area (Å²) < 4.78 is 1.88. The molecule has 2 aromatic carbocycles. The number of para-hydroxylation sites is 2. The Morgan fingerprint density at radius 1 is 1.17 bits per heavy atom. The number of anilines is 1. The number of hydrogen-bond donors (Lipinski definition) is 1. The Hall–Kier alpha value is -2.59. The molecule has 3 aromatic rings. The van der Waals surface area contributed by atoms with E-state index in [-0.39, 0.29) is 17.7 Å². The summed E-state index contributed by atoms with van der Waals surface area (Å²) in [5.41, 5.74) is 2.74. The van der Waals surface area contributed by atoms with Crippen LogP contribution in [-0.4, -0.2) is 15.5 Å². The molecule has 120 valence electrons. The number of aromatic nitrogens is 2. The van der Waals surface area contributed by atoms with Gasteiger partial charge in [-0.25, -0.2) is 4.98 Å². The van der Waals surface area contributed by atoms with Gasteiger partial charge in [-0.15, -0.1) is 0 Å². The van der Waals surface area contributed by atoms with Crippen molar-refractivity contribution in [1.29, 1.82) is 0 Å². The lowest BCUT2D eigenvalue weighted by Crippen LogP contribution is -2.16. The largest absolute Gasteiger partial charge is 0.324 e. The number of carbonyl (C=O) groups excluding carboxylic acids is 1. The third-order valence-corrected chi connectivity index (χ3v) is 4.72. The zero-order valence-corrected chi connectivity index (χ0v) is 13.6. The van der Waals surface area contributed by atoms with Gasteiger partial charge in [0.2, 0.25) is 5.91 Å². The zero-order valence-electron chi connectivity index (χ0n) is 12.9. The fourth-order valence-corrected chi connectivity index (χ4v) is 3.31. The predicted molar refractivity (Wildman–Crippen MR) is 94.5 cm³/mol. The molecule has 0 radical (unpaired) electrons. The van der Waals surface area contributed by atoms with Crippen LogP contribution in [0.4, 0.5) is 5.69 Å². The van der Waals surface area contributed by atoms with Gasteiger partial charge in [0.25, 0.3) is 0 Å². The molecule has 0 spiro atoms. The molecular weight excluding hydrogens is 322 g/mol. The van der Waals surface area contributed by atoms with Crippen LogP contribution in [0.3, 0.4) is 0 Å². The Bertz CT molecular complexity index is 876. The Balaban J connectivity index is 1.52. The van der Waals surface area contributed by atoms with Crippen molar-refractivity contribution >= 4 is 23.2 Å². The van der Waals surface area contributed by atoms with Crippen LogP contribution in [0.1, 0.15) is 17.9 Å². The quantitative estimate of drug-likeness (QED) is 0.773. The summed E-state index contributed by atoms with van der Waals surface area (Å²) in [6.07, 6.45) is 6.12. The van der Waals surface area contributed by atoms with E-state index in [1.165, 1.54) is 0 Å². The van der Waals surface area contributed by atoms with Gasteiger partial charge in [-0.05, 0) is 36.1 Å². The Morgan fingerprint density at radius 3 is 2.75 bits per heavy atom. The van der Waals surface area contributed by atoms with Gasteiger partial charge < -0.3 is 9.88 Å². The molecule has 5 heteroatoms. The van der Waals surface area contributed by atoms with Gasteiger partial charge in [-0.2, -0.15) is 0 Å². The molecule has 2 unspecified atom stereocenters. The van der Waals surface area contributed by atoms with Crippen LogP contribution in [-0.2, 0) is 4.79 Å². The number of benzene rings is 2. The Kier molecular flexibility index (Phi) is 3.82. The second-order valence-electron chi connectivity index (χ2n) is 5.95. The number of rotatable bonds is 4. The fourth-order valence-electron chi connectivity index (χ4n) is 3.04. The van der Waals surface area contributed by atoms with Crippen molar-refractivity contribution in [2.45, 2.75) is 12.3 Å². The second-order valence-corrected chi connectivity index (χ2v) is 6.35. The normalized spacial score (nSPS) is 19.0. The molecule has 4 rings (SSSR count). The molecule has 1 aliphatic rings. The number of carbonyl (C=O) groups is 1. The van der Waals surface area contributed by atoms with Crippen LogP contribution < -0.4 is 5.32 Å². The summed E-state index contributed by atoms with van der Waals surface area (Å²) >= 11 is 6.24. The van der Waals surface area contributed by atoms with Crippen molar-refractivity contribution in [1.82, 2.24) is 9.55 Å². The van der Waals surface area contributed by atoms with Gasteiger partial charge in [-0.1, -0.05) is 41.9 Å². The number of amides is 1. The molecule has 0 bridgehead atoms. The van der Waals surface area contributed by atoms with Gasteiger partial charge in [-0.3, -0.25) is 4.79 Å². The van der Waals surface area contributed by atoms with E-state index >= 15 is 0 Å². The van der Waals surface area contributed by atoms with Crippen molar-refractivity contribution in [3.05, 3.63) is 77.8 Å². The summed E-state index contributed by atoms with van der Waals surface area (Å²) in [4.78, 5) is 16.7. The average Bonchev–Trinajstić information content (AvgIpc) is 3.20. The van der Waals surface area contributed by atoms with Crippen LogP contribution in [0.15, 0.2) is 67.3 Å². The van der Waals surface area contributed by atoms with Gasteiger partial charge in [0.15, 0.2) is 0 Å². The lowest BCUT2D eigenvalue weighted by molar-refractivity contribution is -0.117. The van der Waals surface area contributed by atoms with Crippen LogP contribution >= 0.6 is 11.6 Å². The van der Waals surface area contributed by atoms with E-state index in [0.717, 1.165) is 28.4 Å². The van der Waals surface area contributed by atoms with Crippen LogP contribution in [0.25, 0.3) is 5.69 Å². The van der Waals surface area contributed by atoms with Crippen molar-refractivity contribution < 1.29 is 4.79 Å². The highest BCUT2D eigenvalue weighted by Gasteiger charge is 2.44. The zero-order chi connectivity index (χ0) is 16.5. The smallest absolute Gasteiger partial charge is 0.228 e. The highest BCUT2D eigenvalue weighted by atomic mass is 35.5. The Labute approximate surface area is 145 Å².